The fourth-order valence-electron chi connectivity index (χ4n) is 8.38. The quantitative estimate of drug-likeness (QED) is 0.0262. The normalized spacial score (nSPS) is 20.8. The van der Waals surface area contributed by atoms with Gasteiger partial charge in [-0.1, -0.05) is 168 Å². The molecule has 6 atom stereocenters. The summed E-state index contributed by atoms with van der Waals surface area (Å²) in [6, 6.07) is 0. The Morgan fingerprint density at radius 2 is 1.00 bits per heavy atom. The van der Waals surface area contributed by atoms with Crippen molar-refractivity contribution in [1.29, 1.82) is 0 Å². The molecule has 330 valence electrons. The molecule has 2 saturated carbocycles. The summed E-state index contributed by atoms with van der Waals surface area (Å²) in [5, 5.41) is 0. The standard InChI is InChI=1S/C47H90NO7P/c1-6-8-10-12-16-22-28-41-38-43(41)30-24-18-14-20-26-32-45(49)34-35-46(40-54-56(51,52)53-37-36-48(3,4)5)55-47(50)33-27-21-15-19-25-31-44-39-42(44)29-23-17-13-11-9-7-2/h41-44,46H,6-40H2,1-5H3. The van der Waals surface area contributed by atoms with Gasteiger partial charge < -0.3 is 23.2 Å². The molecular weight excluding hydrogens is 721 g/mol. The van der Waals surface area contributed by atoms with E-state index >= 15 is 0 Å². The van der Waals surface area contributed by atoms with Gasteiger partial charge in [-0.2, -0.15) is 0 Å². The Morgan fingerprint density at radius 3 is 1.45 bits per heavy atom. The van der Waals surface area contributed by atoms with Crippen LogP contribution in [0.4, 0.5) is 0 Å². The fraction of sp³-hybridized carbons (Fsp3) is 0.957. The lowest BCUT2D eigenvalue weighted by Gasteiger charge is -2.28. The number of hydrogen-bond donors (Lipinski definition) is 0. The van der Waals surface area contributed by atoms with Crippen molar-refractivity contribution in [3.63, 3.8) is 0 Å². The van der Waals surface area contributed by atoms with Gasteiger partial charge in [-0.3, -0.25) is 14.2 Å². The molecule has 6 unspecified atom stereocenters. The minimum atomic E-state index is -4.56. The molecule has 0 aromatic rings. The molecule has 9 heteroatoms. The molecule has 0 bridgehead atoms. The number of likely N-dealkylation sites (N-methyl/N-ethyl adjacent to an activating group) is 1. The number of unbranched alkanes of at least 4 members (excludes halogenated alkanes) is 18. The monoisotopic (exact) mass is 812 g/mol. The van der Waals surface area contributed by atoms with Gasteiger partial charge >= 0.3 is 5.97 Å². The molecule has 0 radical (unpaired) electrons. The average molecular weight is 812 g/mol. The highest BCUT2D eigenvalue weighted by molar-refractivity contribution is 7.45. The van der Waals surface area contributed by atoms with Crippen molar-refractivity contribution in [3.05, 3.63) is 0 Å². The largest absolute Gasteiger partial charge is 0.756 e. The molecule has 0 amide bonds. The Hall–Kier alpha value is -0.790. The number of carbonyl (C=O) groups is 2. The van der Waals surface area contributed by atoms with E-state index in [1.54, 1.807) is 0 Å². The lowest BCUT2D eigenvalue weighted by atomic mass is 10.0. The van der Waals surface area contributed by atoms with Gasteiger partial charge in [-0.15, -0.1) is 0 Å². The predicted molar refractivity (Wildman–Crippen MR) is 230 cm³/mol. The van der Waals surface area contributed by atoms with E-state index in [1.165, 1.54) is 148 Å². The first-order chi connectivity index (χ1) is 26.9. The smallest absolute Gasteiger partial charge is 0.306 e. The molecule has 2 aliphatic rings. The van der Waals surface area contributed by atoms with E-state index in [0.717, 1.165) is 55.8 Å². The maximum absolute atomic E-state index is 12.8. The number of phosphoric acid groups is 1. The molecule has 0 spiro atoms. The number of nitrogens with zero attached hydrogens (tertiary/aromatic N) is 1. The second-order valence-corrected chi connectivity index (χ2v) is 20.4. The first-order valence-electron chi connectivity index (χ1n) is 24.0. The Kier molecular flexibility index (Phi) is 28.6. The van der Waals surface area contributed by atoms with E-state index < -0.39 is 13.9 Å². The van der Waals surface area contributed by atoms with Crippen LogP contribution < -0.4 is 4.89 Å². The minimum Gasteiger partial charge on any atom is -0.756 e. The van der Waals surface area contributed by atoms with Gasteiger partial charge in [0.05, 0.1) is 27.7 Å². The number of esters is 1. The lowest BCUT2D eigenvalue weighted by molar-refractivity contribution is -0.870. The van der Waals surface area contributed by atoms with Crippen molar-refractivity contribution in [3.8, 4) is 0 Å². The Morgan fingerprint density at radius 1 is 0.589 bits per heavy atom. The topological polar surface area (TPSA) is 102 Å². The zero-order valence-electron chi connectivity index (χ0n) is 37.4. The second kappa shape index (κ2) is 31.1. The summed E-state index contributed by atoms with van der Waals surface area (Å²) >= 11 is 0. The number of quaternary nitrogens is 1. The van der Waals surface area contributed by atoms with Crippen LogP contribution in [-0.4, -0.2) is 63.2 Å². The van der Waals surface area contributed by atoms with Crippen LogP contribution in [0, 0.1) is 23.7 Å². The van der Waals surface area contributed by atoms with E-state index in [1.807, 2.05) is 21.1 Å². The van der Waals surface area contributed by atoms with Crippen LogP contribution in [0.15, 0.2) is 0 Å². The Bertz CT molecular complexity index is 1050. The summed E-state index contributed by atoms with van der Waals surface area (Å²) in [6.45, 7) is 4.73. The van der Waals surface area contributed by atoms with Crippen molar-refractivity contribution >= 4 is 19.6 Å². The van der Waals surface area contributed by atoms with Gasteiger partial charge in [0.25, 0.3) is 7.82 Å². The molecule has 2 aliphatic carbocycles. The van der Waals surface area contributed by atoms with Crippen molar-refractivity contribution in [1.82, 2.24) is 0 Å². The van der Waals surface area contributed by atoms with Gasteiger partial charge in [-0.05, 0) is 55.8 Å². The molecule has 2 fully saturated rings. The van der Waals surface area contributed by atoms with Crippen LogP contribution in [0.2, 0.25) is 0 Å². The molecule has 8 nitrogen and oxygen atoms in total. The Balaban J connectivity index is 1.58. The summed E-state index contributed by atoms with van der Waals surface area (Å²) in [7, 11) is 1.30. The fourth-order valence-corrected chi connectivity index (χ4v) is 9.11. The van der Waals surface area contributed by atoms with Crippen LogP contribution in [0.25, 0.3) is 0 Å². The van der Waals surface area contributed by atoms with E-state index in [-0.39, 0.29) is 37.8 Å². The molecule has 0 aromatic heterocycles. The second-order valence-electron chi connectivity index (χ2n) is 19.0. The minimum absolute atomic E-state index is 0.00794. The third-order valence-corrected chi connectivity index (χ3v) is 13.4. The molecule has 0 saturated heterocycles. The maximum atomic E-state index is 12.8. The van der Waals surface area contributed by atoms with Crippen molar-refractivity contribution in [2.24, 2.45) is 23.7 Å². The number of hydrogen-bond acceptors (Lipinski definition) is 7. The van der Waals surface area contributed by atoms with Crippen molar-refractivity contribution in [2.75, 3.05) is 40.9 Å². The molecule has 0 N–H and O–H groups in total. The van der Waals surface area contributed by atoms with Crippen LogP contribution >= 0.6 is 7.82 Å². The highest BCUT2D eigenvalue weighted by atomic mass is 31.2. The van der Waals surface area contributed by atoms with Crippen molar-refractivity contribution < 1.29 is 37.3 Å². The number of carbonyl (C=O) groups excluding carboxylic acids is 2. The molecule has 2 rings (SSSR count). The average Bonchev–Trinajstić information content (AvgIpc) is 4.08. The molecular formula is C47H90NO7P. The number of ketones is 1. The van der Waals surface area contributed by atoms with E-state index in [2.05, 4.69) is 13.8 Å². The first-order valence-corrected chi connectivity index (χ1v) is 25.5. The molecule has 0 heterocycles. The summed E-state index contributed by atoms with van der Waals surface area (Å²) in [5.74, 6) is 3.67. The highest BCUT2D eigenvalue weighted by Gasteiger charge is 2.35. The number of Topliss-reactive ketones (excluding diaryl/α,β-unsaturated/α-hetero) is 1. The van der Waals surface area contributed by atoms with E-state index in [0.29, 0.717) is 23.9 Å². The number of rotatable bonds is 41. The van der Waals surface area contributed by atoms with Crippen LogP contribution in [0.5, 0.6) is 0 Å². The maximum Gasteiger partial charge on any atom is 0.306 e. The predicted octanol–water partition coefficient (Wildman–Crippen LogP) is 12.7. The van der Waals surface area contributed by atoms with E-state index in [9.17, 15) is 19.0 Å². The first kappa shape index (κ1) is 51.4. The van der Waals surface area contributed by atoms with Crippen LogP contribution in [-0.2, 0) is 27.9 Å². The third kappa shape index (κ3) is 29.4. The summed E-state index contributed by atoms with van der Waals surface area (Å²) in [5.41, 5.74) is 0. The SMILES string of the molecule is CCCCCCCCC1CC1CCCCCCCC(=O)CCC(COP(=O)([O-])OCC[N+](C)(C)C)OC(=O)CCCCCCCC1CC1CCCCCCCC. The van der Waals surface area contributed by atoms with Crippen molar-refractivity contribution in [2.45, 2.75) is 225 Å². The van der Waals surface area contributed by atoms with Gasteiger partial charge in [0.15, 0.2) is 0 Å². The number of ether oxygens (including phenoxy) is 1. The summed E-state index contributed by atoms with van der Waals surface area (Å²) in [4.78, 5) is 38.0. The van der Waals surface area contributed by atoms with Gasteiger partial charge in [0.2, 0.25) is 0 Å². The summed E-state index contributed by atoms with van der Waals surface area (Å²) < 4.78 is 28.9. The molecule has 0 aromatic carbocycles. The summed E-state index contributed by atoms with van der Waals surface area (Å²) in [6.07, 6.45) is 36.6. The zero-order valence-corrected chi connectivity index (χ0v) is 38.3. The third-order valence-electron chi connectivity index (χ3n) is 12.5. The van der Waals surface area contributed by atoms with Crippen LogP contribution in [0.3, 0.4) is 0 Å². The van der Waals surface area contributed by atoms with E-state index in [4.69, 9.17) is 13.8 Å². The zero-order chi connectivity index (χ0) is 40.9. The molecule has 56 heavy (non-hydrogen) atoms. The lowest BCUT2D eigenvalue weighted by Crippen LogP contribution is -2.37. The van der Waals surface area contributed by atoms with Gasteiger partial charge in [0, 0.05) is 19.3 Å². The Labute approximate surface area is 345 Å². The van der Waals surface area contributed by atoms with Gasteiger partial charge in [-0.25, -0.2) is 0 Å². The number of phosphoric ester groups is 1. The van der Waals surface area contributed by atoms with Crippen LogP contribution in [0.1, 0.15) is 219 Å². The molecule has 0 aliphatic heterocycles. The highest BCUT2D eigenvalue weighted by Crippen LogP contribution is 2.46. The van der Waals surface area contributed by atoms with Gasteiger partial charge in [0.1, 0.15) is 25.0 Å².